The van der Waals surface area contributed by atoms with Gasteiger partial charge in [0.05, 0.1) is 11.3 Å². The summed E-state index contributed by atoms with van der Waals surface area (Å²) in [6.45, 7) is 0. The van der Waals surface area contributed by atoms with Gasteiger partial charge in [-0.1, -0.05) is 42.5 Å². The second-order valence-electron chi connectivity index (χ2n) is 6.44. The summed E-state index contributed by atoms with van der Waals surface area (Å²) >= 11 is 0. The van der Waals surface area contributed by atoms with Crippen molar-refractivity contribution in [1.29, 1.82) is 0 Å². The number of anilines is 2. The van der Waals surface area contributed by atoms with Gasteiger partial charge in [0, 0.05) is 22.9 Å². The lowest BCUT2D eigenvalue weighted by Crippen LogP contribution is -2.13. The van der Waals surface area contributed by atoms with Gasteiger partial charge in [-0.2, -0.15) is 13.2 Å². The molecule has 0 fully saturated rings. The molecule has 0 saturated heterocycles. The predicted octanol–water partition coefficient (Wildman–Crippen LogP) is 5.17. The van der Waals surface area contributed by atoms with Crippen LogP contribution in [0, 0.1) is 0 Å². The van der Waals surface area contributed by atoms with Crippen LogP contribution < -0.4 is 11.1 Å². The fourth-order valence-electron chi connectivity index (χ4n) is 2.73. The Morgan fingerprint density at radius 1 is 0.900 bits per heavy atom. The fraction of sp³-hybridized carbons (Fsp3) is 0.0435. The van der Waals surface area contributed by atoms with Gasteiger partial charge in [0.1, 0.15) is 0 Å². The Kier molecular flexibility index (Phi) is 6.01. The largest absolute Gasteiger partial charge is 0.416 e. The molecular formula is C23H17F3N2O2. The minimum atomic E-state index is -4.42. The summed E-state index contributed by atoms with van der Waals surface area (Å²) in [4.78, 5) is 25.1. The Morgan fingerprint density at radius 2 is 1.57 bits per heavy atom. The number of amides is 1. The number of nitrogens with one attached hydrogen (secondary N) is 1. The molecule has 0 spiro atoms. The summed E-state index contributed by atoms with van der Waals surface area (Å²) < 4.78 is 37.8. The van der Waals surface area contributed by atoms with Gasteiger partial charge < -0.3 is 11.1 Å². The molecule has 3 aromatic carbocycles. The third-order valence-electron chi connectivity index (χ3n) is 4.25. The summed E-state index contributed by atoms with van der Waals surface area (Å²) in [5.41, 5.74) is 6.77. The highest BCUT2D eigenvalue weighted by molar-refractivity contribution is 6.15. The third-order valence-corrected chi connectivity index (χ3v) is 4.25. The molecule has 0 bridgehead atoms. The van der Waals surface area contributed by atoms with Gasteiger partial charge in [-0.25, -0.2) is 0 Å². The van der Waals surface area contributed by atoms with E-state index in [1.54, 1.807) is 36.4 Å². The van der Waals surface area contributed by atoms with Gasteiger partial charge in [0.25, 0.3) is 0 Å². The van der Waals surface area contributed by atoms with Crippen molar-refractivity contribution in [2.75, 3.05) is 11.1 Å². The van der Waals surface area contributed by atoms with E-state index in [9.17, 15) is 22.8 Å². The Labute approximate surface area is 170 Å². The van der Waals surface area contributed by atoms with Crippen LogP contribution in [0.3, 0.4) is 0 Å². The average Bonchev–Trinajstić information content (AvgIpc) is 2.73. The van der Waals surface area contributed by atoms with E-state index >= 15 is 0 Å². The SMILES string of the molecule is Nc1ccc(NC(=O)/C=C/c2ccc(C(F)(F)F)cc2)c(C(=O)c2ccccc2)c1. The minimum Gasteiger partial charge on any atom is -0.399 e. The molecule has 4 nitrogen and oxygen atoms in total. The summed E-state index contributed by atoms with van der Waals surface area (Å²) in [5.74, 6) is -0.841. The number of nitrogen functional groups attached to an aromatic ring is 1. The summed E-state index contributed by atoms with van der Waals surface area (Å²) in [5, 5.41) is 2.61. The Bertz CT molecular complexity index is 1090. The van der Waals surface area contributed by atoms with Crippen molar-refractivity contribution < 1.29 is 22.8 Å². The van der Waals surface area contributed by atoms with Crippen molar-refractivity contribution in [2.24, 2.45) is 0 Å². The number of hydrogen-bond acceptors (Lipinski definition) is 3. The Hall–Kier alpha value is -3.87. The number of benzene rings is 3. The van der Waals surface area contributed by atoms with E-state index in [0.29, 0.717) is 16.8 Å². The number of rotatable bonds is 5. The molecule has 0 saturated carbocycles. The number of halogens is 3. The molecule has 0 aromatic heterocycles. The molecule has 7 heteroatoms. The van der Waals surface area contributed by atoms with Crippen LogP contribution >= 0.6 is 0 Å². The first-order chi connectivity index (χ1) is 14.2. The van der Waals surface area contributed by atoms with Crippen LogP contribution in [0.15, 0.2) is 78.9 Å². The van der Waals surface area contributed by atoms with Crippen molar-refractivity contribution in [3.05, 3.63) is 101 Å². The summed E-state index contributed by atoms with van der Waals surface area (Å²) in [6, 6.07) is 17.5. The second kappa shape index (κ2) is 8.65. The van der Waals surface area contributed by atoms with Gasteiger partial charge >= 0.3 is 6.18 Å². The molecule has 30 heavy (non-hydrogen) atoms. The van der Waals surface area contributed by atoms with Crippen molar-refractivity contribution >= 4 is 29.1 Å². The number of carbonyl (C=O) groups is 2. The first-order valence-corrected chi connectivity index (χ1v) is 8.89. The molecule has 3 rings (SSSR count). The molecular weight excluding hydrogens is 393 g/mol. The maximum Gasteiger partial charge on any atom is 0.416 e. The Morgan fingerprint density at radius 3 is 2.20 bits per heavy atom. The van der Waals surface area contributed by atoms with E-state index in [2.05, 4.69) is 5.32 Å². The minimum absolute atomic E-state index is 0.234. The molecule has 3 aromatic rings. The van der Waals surface area contributed by atoms with Crippen LogP contribution in [0.4, 0.5) is 24.5 Å². The lowest BCUT2D eigenvalue weighted by molar-refractivity contribution is -0.137. The van der Waals surface area contributed by atoms with Crippen LogP contribution in [0.1, 0.15) is 27.0 Å². The van der Waals surface area contributed by atoms with Crippen LogP contribution in [-0.2, 0) is 11.0 Å². The smallest absolute Gasteiger partial charge is 0.399 e. The number of alkyl halides is 3. The molecule has 152 valence electrons. The standard InChI is InChI=1S/C23H17F3N2O2/c24-23(25,26)17-9-6-15(7-10-17)8-13-21(29)28-20-12-11-18(27)14-19(20)22(30)16-4-2-1-3-5-16/h1-14H,27H2,(H,28,29)/b13-8+. The quantitative estimate of drug-likeness (QED) is 0.346. The maximum atomic E-state index is 12.8. The van der Waals surface area contributed by atoms with Crippen LogP contribution in [0.2, 0.25) is 0 Å². The lowest BCUT2D eigenvalue weighted by Gasteiger charge is -2.10. The van der Waals surface area contributed by atoms with Crippen LogP contribution in [0.5, 0.6) is 0 Å². The van der Waals surface area contributed by atoms with Gasteiger partial charge in [0.15, 0.2) is 5.78 Å². The van der Waals surface area contributed by atoms with Crippen molar-refractivity contribution in [3.8, 4) is 0 Å². The highest BCUT2D eigenvalue weighted by Gasteiger charge is 2.29. The number of carbonyl (C=O) groups excluding carboxylic acids is 2. The molecule has 3 N–H and O–H groups in total. The molecule has 0 heterocycles. The summed E-state index contributed by atoms with van der Waals surface area (Å²) in [7, 11) is 0. The van der Waals surface area contributed by atoms with Crippen molar-refractivity contribution in [2.45, 2.75) is 6.18 Å². The maximum absolute atomic E-state index is 12.8. The molecule has 0 atom stereocenters. The summed E-state index contributed by atoms with van der Waals surface area (Å²) in [6.07, 6.45) is -1.86. The second-order valence-corrected chi connectivity index (χ2v) is 6.44. The van der Waals surface area contributed by atoms with Crippen LogP contribution in [0.25, 0.3) is 6.08 Å². The van der Waals surface area contributed by atoms with E-state index in [0.717, 1.165) is 12.1 Å². The van der Waals surface area contributed by atoms with Gasteiger partial charge in [0.2, 0.25) is 5.91 Å². The first-order valence-electron chi connectivity index (χ1n) is 8.89. The Balaban J connectivity index is 1.77. The van der Waals surface area contributed by atoms with Gasteiger partial charge in [-0.3, -0.25) is 9.59 Å². The normalized spacial score (nSPS) is 11.4. The van der Waals surface area contributed by atoms with Crippen molar-refractivity contribution in [3.63, 3.8) is 0 Å². The zero-order valence-electron chi connectivity index (χ0n) is 15.6. The average molecular weight is 410 g/mol. The zero-order valence-corrected chi connectivity index (χ0v) is 15.6. The molecule has 0 aliphatic carbocycles. The highest BCUT2D eigenvalue weighted by Crippen LogP contribution is 2.29. The molecule has 1 amide bonds. The molecule has 0 aliphatic rings. The van der Waals surface area contributed by atoms with Gasteiger partial charge in [-0.05, 0) is 42.0 Å². The lowest BCUT2D eigenvalue weighted by atomic mass is 10.0. The van der Waals surface area contributed by atoms with Crippen LogP contribution in [-0.4, -0.2) is 11.7 Å². The van der Waals surface area contributed by atoms with Gasteiger partial charge in [-0.15, -0.1) is 0 Å². The fourth-order valence-corrected chi connectivity index (χ4v) is 2.73. The number of nitrogens with two attached hydrogens (primary N) is 1. The topological polar surface area (TPSA) is 72.2 Å². The van der Waals surface area contributed by atoms with Crippen molar-refractivity contribution in [1.82, 2.24) is 0 Å². The van der Waals surface area contributed by atoms with E-state index in [1.165, 1.54) is 36.4 Å². The van der Waals surface area contributed by atoms with E-state index in [-0.39, 0.29) is 17.0 Å². The molecule has 0 aliphatic heterocycles. The van der Waals surface area contributed by atoms with E-state index in [4.69, 9.17) is 5.73 Å². The highest BCUT2D eigenvalue weighted by atomic mass is 19.4. The first kappa shape index (κ1) is 20.9. The molecule has 0 radical (unpaired) electrons. The number of ketones is 1. The third kappa shape index (κ3) is 5.14. The number of hydrogen-bond donors (Lipinski definition) is 2. The monoisotopic (exact) mass is 410 g/mol. The molecule has 0 unspecified atom stereocenters. The van der Waals surface area contributed by atoms with E-state index < -0.39 is 17.6 Å². The van der Waals surface area contributed by atoms with E-state index in [1.807, 2.05) is 0 Å². The zero-order chi connectivity index (χ0) is 21.7. The predicted molar refractivity (Wildman–Crippen MR) is 110 cm³/mol.